The SMILES string of the molecule is CCOC(=O)c1c(C)c(-c2ccn(CCN)n2)cn1N. The third-order valence-electron chi connectivity index (χ3n) is 3.03. The molecular formula is C13H19N5O2. The topological polar surface area (TPSA) is 101 Å². The first-order valence-electron chi connectivity index (χ1n) is 6.46. The van der Waals surface area contributed by atoms with Crippen molar-refractivity contribution in [3.05, 3.63) is 29.7 Å². The van der Waals surface area contributed by atoms with E-state index in [1.807, 2.05) is 19.2 Å². The Balaban J connectivity index is 2.37. The van der Waals surface area contributed by atoms with Crippen LogP contribution in [0.4, 0.5) is 0 Å². The van der Waals surface area contributed by atoms with E-state index in [-0.39, 0.29) is 0 Å². The van der Waals surface area contributed by atoms with Crippen LogP contribution in [-0.2, 0) is 11.3 Å². The molecule has 0 fully saturated rings. The fraction of sp³-hybridized carbons (Fsp3) is 0.385. The molecule has 7 heteroatoms. The lowest BCUT2D eigenvalue weighted by molar-refractivity contribution is 0.0515. The largest absolute Gasteiger partial charge is 0.461 e. The van der Waals surface area contributed by atoms with Crippen molar-refractivity contribution in [1.29, 1.82) is 0 Å². The molecular weight excluding hydrogens is 258 g/mol. The lowest BCUT2D eigenvalue weighted by atomic mass is 10.1. The van der Waals surface area contributed by atoms with Gasteiger partial charge in [0.05, 0.1) is 18.8 Å². The summed E-state index contributed by atoms with van der Waals surface area (Å²) in [6.45, 7) is 5.06. The molecule has 0 aliphatic heterocycles. The standard InChI is InChI=1S/C13H19N5O2/c1-3-20-13(19)12-9(2)10(8-18(12)15)11-4-6-17(16-11)7-5-14/h4,6,8H,3,5,7,14-15H2,1-2H3. The molecule has 0 aromatic carbocycles. The van der Waals surface area contributed by atoms with Gasteiger partial charge in [0.1, 0.15) is 0 Å². The number of ether oxygens (including phenoxy) is 1. The van der Waals surface area contributed by atoms with E-state index in [0.29, 0.717) is 25.4 Å². The number of nitrogens with zero attached hydrogens (tertiary/aromatic N) is 3. The Bertz CT molecular complexity index is 614. The third-order valence-corrected chi connectivity index (χ3v) is 3.03. The van der Waals surface area contributed by atoms with Crippen molar-refractivity contribution in [3.8, 4) is 11.3 Å². The lowest BCUT2D eigenvalue weighted by Gasteiger charge is -2.03. The van der Waals surface area contributed by atoms with Gasteiger partial charge in [0.25, 0.3) is 0 Å². The third kappa shape index (κ3) is 2.53. The first-order valence-corrected chi connectivity index (χ1v) is 6.46. The van der Waals surface area contributed by atoms with Crippen molar-refractivity contribution in [2.24, 2.45) is 5.73 Å². The van der Waals surface area contributed by atoms with E-state index >= 15 is 0 Å². The Hall–Kier alpha value is -2.28. The Morgan fingerprint density at radius 1 is 1.50 bits per heavy atom. The molecule has 0 spiro atoms. The quantitative estimate of drug-likeness (QED) is 0.612. The van der Waals surface area contributed by atoms with Gasteiger partial charge >= 0.3 is 5.97 Å². The molecule has 0 radical (unpaired) electrons. The summed E-state index contributed by atoms with van der Waals surface area (Å²) in [6, 6.07) is 1.87. The molecule has 20 heavy (non-hydrogen) atoms. The highest BCUT2D eigenvalue weighted by Crippen LogP contribution is 2.25. The molecule has 0 aliphatic carbocycles. The summed E-state index contributed by atoms with van der Waals surface area (Å²) >= 11 is 0. The fourth-order valence-electron chi connectivity index (χ4n) is 2.10. The number of rotatable bonds is 5. The molecule has 0 bridgehead atoms. The van der Waals surface area contributed by atoms with Crippen LogP contribution in [0.5, 0.6) is 0 Å². The summed E-state index contributed by atoms with van der Waals surface area (Å²) in [5, 5.41) is 4.41. The molecule has 108 valence electrons. The second-order valence-electron chi connectivity index (χ2n) is 4.40. The maximum Gasteiger partial charge on any atom is 0.357 e. The molecule has 7 nitrogen and oxygen atoms in total. The summed E-state index contributed by atoms with van der Waals surface area (Å²) in [4.78, 5) is 11.9. The van der Waals surface area contributed by atoms with Gasteiger partial charge in [0.15, 0.2) is 5.69 Å². The van der Waals surface area contributed by atoms with Gasteiger partial charge in [-0.1, -0.05) is 0 Å². The van der Waals surface area contributed by atoms with Crippen molar-refractivity contribution in [3.63, 3.8) is 0 Å². The van der Waals surface area contributed by atoms with E-state index in [1.165, 1.54) is 4.68 Å². The van der Waals surface area contributed by atoms with Crippen LogP contribution >= 0.6 is 0 Å². The average molecular weight is 277 g/mol. The number of nitrogens with two attached hydrogens (primary N) is 2. The smallest absolute Gasteiger partial charge is 0.357 e. The number of carbonyl (C=O) groups is 1. The number of nitrogen functional groups attached to an aromatic ring is 1. The fourth-order valence-corrected chi connectivity index (χ4v) is 2.10. The summed E-state index contributed by atoms with van der Waals surface area (Å²) in [6.07, 6.45) is 3.52. The molecule has 0 aliphatic rings. The van der Waals surface area contributed by atoms with Crippen LogP contribution in [-0.4, -0.2) is 33.6 Å². The van der Waals surface area contributed by atoms with Gasteiger partial charge in [0.2, 0.25) is 0 Å². The molecule has 0 saturated heterocycles. The van der Waals surface area contributed by atoms with Crippen LogP contribution < -0.4 is 11.6 Å². The van der Waals surface area contributed by atoms with Gasteiger partial charge < -0.3 is 16.3 Å². The molecule has 0 amide bonds. The van der Waals surface area contributed by atoms with Crippen LogP contribution in [0, 0.1) is 6.92 Å². The van der Waals surface area contributed by atoms with Crippen LogP contribution in [0.15, 0.2) is 18.5 Å². The minimum atomic E-state index is -0.430. The van der Waals surface area contributed by atoms with Crippen molar-refractivity contribution in [2.45, 2.75) is 20.4 Å². The first-order chi connectivity index (χ1) is 9.58. The van der Waals surface area contributed by atoms with Crippen LogP contribution in [0.2, 0.25) is 0 Å². The van der Waals surface area contributed by atoms with Crippen molar-refractivity contribution in [1.82, 2.24) is 14.5 Å². The number of aromatic nitrogens is 3. The zero-order valence-corrected chi connectivity index (χ0v) is 11.7. The predicted molar refractivity (Wildman–Crippen MR) is 75.6 cm³/mol. The van der Waals surface area contributed by atoms with E-state index in [9.17, 15) is 4.79 Å². The minimum Gasteiger partial charge on any atom is -0.461 e. The molecule has 0 atom stereocenters. The number of esters is 1. The van der Waals surface area contributed by atoms with E-state index < -0.39 is 5.97 Å². The number of hydrogen-bond donors (Lipinski definition) is 2. The highest BCUT2D eigenvalue weighted by atomic mass is 16.5. The highest BCUT2D eigenvalue weighted by Gasteiger charge is 2.20. The first kappa shape index (κ1) is 14.1. The predicted octanol–water partition coefficient (Wildman–Crippen LogP) is 0.509. The molecule has 4 N–H and O–H groups in total. The van der Waals surface area contributed by atoms with Gasteiger partial charge in [-0.05, 0) is 25.5 Å². The van der Waals surface area contributed by atoms with Gasteiger partial charge in [-0.15, -0.1) is 0 Å². The number of hydrogen-bond acceptors (Lipinski definition) is 5. The molecule has 2 aromatic rings. The lowest BCUT2D eigenvalue weighted by Crippen LogP contribution is -2.18. The van der Waals surface area contributed by atoms with E-state index in [4.69, 9.17) is 16.3 Å². The molecule has 2 aromatic heterocycles. The maximum absolute atomic E-state index is 11.9. The van der Waals surface area contributed by atoms with Crippen molar-refractivity contribution in [2.75, 3.05) is 19.0 Å². The zero-order valence-electron chi connectivity index (χ0n) is 11.7. The van der Waals surface area contributed by atoms with Gasteiger partial charge in [0, 0.05) is 24.5 Å². The monoisotopic (exact) mass is 277 g/mol. The molecule has 0 saturated carbocycles. The summed E-state index contributed by atoms with van der Waals surface area (Å²) in [5.74, 6) is 5.41. The van der Waals surface area contributed by atoms with E-state index in [1.54, 1.807) is 17.8 Å². The summed E-state index contributed by atoms with van der Waals surface area (Å²) in [5.41, 5.74) is 8.16. The van der Waals surface area contributed by atoms with Gasteiger partial charge in [-0.3, -0.25) is 9.36 Å². The van der Waals surface area contributed by atoms with Crippen molar-refractivity contribution >= 4 is 5.97 Å². The van der Waals surface area contributed by atoms with Crippen LogP contribution in [0.25, 0.3) is 11.3 Å². The van der Waals surface area contributed by atoms with E-state index in [0.717, 1.165) is 16.8 Å². The van der Waals surface area contributed by atoms with E-state index in [2.05, 4.69) is 5.10 Å². The molecule has 2 rings (SSSR count). The van der Waals surface area contributed by atoms with Gasteiger partial charge in [-0.2, -0.15) is 5.10 Å². The second kappa shape index (κ2) is 5.79. The Morgan fingerprint density at radius 3 is 2.90 bits per heavy atom. The van der Waals surface area contributed by atoms with Crippen LogP contribution in [0.3, 0.4) is 0 Å². The Labute approximate surface area is 117 Å². The van der Waals surface area contributed by atoms with Crippen LogP contribution in [0.1, 0.15) is 23.0 Å². The average Bonchev–Trinajstić information content (AvgIpc) is 2.95. The molecule has 2 heterocycles. The number of carbonyl (C=O) groups excluding carboxylic acids is 1. The summed E-state index contributed by atoms with van der Waals surface area (Å²) in [7, 11) is 0. The highest BCUT2D eigenvalue weighted by molar-refractivity contribution is 5.92. The molecule has 0 unspecified atom stereocenters. The minimum absolute atomic E-state index is 0.309. The van der Waals surface area contributed by atoms with Crippen molar-refractivity contribution < 1.29 is 9.53 Å². The normalized spacial score (nSPS) is 10.8. The van der Waals surface area contributed by atoms with Gasteiger partial charge in [-0.25, -0.2) is 4.79 Å². The second-order valence-corrected chi connectivity index (χ2v) is 4.40. The maximum atomic E-state index is 11.9. The zero-order chi connectivity index (χ0) is 14.7. The summed E-state index contributed by atoms with van der Waals surface area (Å²) < 4.78 is 8.04. The Kier molecular flexibility index (Phi) is 4.09. The Morgan fingerprint density at radius 2 is 2.25 bits per heavy atom.